The predicted molar refractivity (Wildman–Crippen MR) is 56.5 cm³/mol. The number of hydrogen-bond acceptors (Lipinski definition) is 3. The van der Waals surface area contributed by atoms with E-state index in [1.807, 2.05) is 13.0 Å². The fourth-order valence-electron chi connectivity index (χ4n) is 3.94. The number of ketones is 3. The zero-order valence-corrected chi connectivity index (χ0v) is 9.40. The molecule has 0 heterocycles. The quantitative estimate of drug-likeness (QED) is 0.490. The van der Waals surface area contributed by atoms with Crippen molar-refractivity contribution in [3.8, 4) is 0 Å². The molecule has 3 aliphatic rings. The van der Waals surface area contributed by atoms with Crippen molar-refractivity contribution in [1.82, 2.24) is 0 Å². The molecule has 0 N–H and O–H groups in total. The molecule has 84 valence electrons. The first-order chi connectivity index (χ1) is 7.48. The average Bonchev–Trinajstić information content (AvgIpc) is 2.79. The van der Waals surface area contributed by atoms with Crippen LogP contribution in [0.3, 0.4) is 0 Å². The lowest BCUT2D eigenvalue weighted by Gasteiger charge is -2.29. The molecular weight excluding hydrogens is 204 g/mol. The highest BCUT2D eigenvalue weighted by molar-refractivity contribution is 6.26. The third kappa shape index (κ3) is 0.841. The smallest absolute Gasteiger partial charge is 0.157 e. The molecule has 3 aliphatic carbocycles. The van der Waals surface area contributed by atoms with Crippen LogP contribution in [0.15, 0.2) is 12.2 Å². The van der Waals surface area contributed by atoms with Crippen LogP contribution in [0.25, 0.3) is 0 Å². The molecule has 16 heavy (non-hydrogen) atoms. The summed E-state index contributed by atoms with van der Waals surface area (Å²) in [5.74, 6) is -1.39. The maximum Gasteiger partial charge on any atom is 0.157 e. The van der Waals surface area contributed by atoms with Gasteiger partial charge in [0.25, 0.3) is 0 Å². The summed E-state index contributed by atoms with van der Waals surface area (Å²) in [5, 5.41) is 0. The van der Waals surface area contributed by atoms with Gasteiger partial charge in [-0.3, -0.25) is 14.4 Å². The van der Waals surface area contributed by atoms with Gasteiger partial charge in [0.2, 0.25) is 0 Å². The summed E-state index contributed by atoms with van der Waals surface area (Å²) in [7, 11) is 0. The summed E-state index contributed by atoms with van der Waals surface area (Å²) in [5.41, 5.74) is -0.590. The molecule has 0 aromatic carbocycles. The highest BCUT2D eigenvalue weighted by atomic mass is 16.2. The summed E-state index contributed by atoms with van der Waals surface area (Å²) in [6, 6.07) is 0. The second-order valence-corrected chi connectivity index (χ2v) is 5.46. The lowest BCUT2D eigenvalue weighted by Crippen LogP contribution is -2.35. The Bertz CT molecular complexity index is 448. The van der Waals surface area contributed by atoms with Crippen molar-refractivity contribution in [3.05, 3.63) is 12.2 Å². The molecule has 3 nitrogen and oxygen atoms in total. The Hall–Kier alpha value is -1.25. The Kier molecular flexibility index (Phi) is 1.68. The van der Waals surface area contributed by atoms with Gasteiger partial charge in [-0.05, 0) is 25.2 Å². The number of allylic oxidation sites excluding steroid dienone is 2. The van der Waals surface area contributed by atoms with Crippen molar-refractivity contribution in [3.63, 3.8) is 0 Å². The Balaban J connectivity index is 2.12. The van der Waals surface area contributed by atoms with Crippen molar-refractivity contribution in [2.24, 2.45) is 29.1 Å². The number of fused-ring (bicyclic) bond motifs is 5. The van der Waals surface area contributed by atoms with Gasteiger partial charge in [0.15, 0.2) is 11.6 Å². The fourth-order valence-corrected chi connectivity index (χ4v) is 3.94. The summed E-state index contributed by atoms with van der Waals surface area (Å²) in [6.07, 6.45) is 5.00. The van der Waals surface area contributed by atoms with Gasteiger partial charge in [0.05, 0.1) is 0 Å². The minimum Gasteiger partial charge on any atom is -0.299 e. The van der Waals surface area contributed by atoms with Crippen LogP contribution in [0.4, 0.5) is 0 Å². The van der Waals surface area contributed by atoms with Gasteiger partial charge in [-0.1, -0.05) is 19.1 Å². The molecule has 0 spiro atoms. The van der Waals surface area contributed by atoms with Crippen molar-refractivity contribution < 1.29 is 14.4 Å². The molecule has 0 radical (unpaired) electrons. The molecule has 2 bridgehead atoms. The first-order valence-electron chi connectivity index (χ1n) is 5.74. The molecule has 0 aliphatic heterocycles. The van der Waals surface area contributed by atoms with Gasteiger partial charge in [-0.25, -0.2) is 0 Å². The Labute approximate surface area is 93.9 Å². The molecule has 0 aromatic heterocycles. The average molecular weight is 218 g/mol. The number of Topliss-reactive ketones (excluding diaryl/α,β-unsaturated/α-hetero) is 3. The van der Waals surface area contributed by atoms with Gasteiger partial charge >= 0.3 is 0 Å². The first-order valence-corrected chi connectivity index (χ1v) is 5.74. The molecule has 2 saturated carbocycles. The summed E-state index contributed by atoms with van der Waals surface area (Å²) >= 11 is 0. The topological polar surface area (TPSA) is 51.2 Å². The maximum atomic E-state index is 12.3. The van der Waals surface area contributed by atoms with Crippen molar-refractivity contribution in [2.45, 2.75) is 20.3 Å². The summed E-state index contributed by atoms with van der Waals surface area (Å²) in [6.45, 7) is 3.22. The van der Waals surface area contributed by atoms with E-state index in [1.54, 1.807) is 0 Å². The third-order valence-electron chi connectivity index (χ3n) is 4.75. The van der Waals surface area contributed by atoms with Crippen LogP contribution < -0.4 is 0 Å². The first kappa shape index (κ1) is 9.94. The zero-order chi connectivity index (χ0) is 11.7. The largest absolute Gasteiger partial charge is 0.299 e. The highest BCUT2D eigenvalue weighted by Crippen LogP contribution is 2.61. The fraction of sp³-hybridized carbons (Fsp3) is 0.615. The number of rotatable bonds is 1. The van der Waals surface area contributed by atoms with E-state index in [-0.39, 0.29) is 35.1 Å². The summed E-state index contributed by atoms with van der Waals surface area (Å²) in [4.78, 5) is 35.8. The molecule has 0 amide bonds. The van der Waals surface area contributed by atoms with Gasteiger partial charge in [0, 0.05) is 11.3 Å². The second kappa shape index (κ2) is 2.70. The molecule has 5 atom stereocenters. The minimum absolute atomic E-state index is 0.128. The van der Waals surface area contributed by atoms with E-state index in [9.17, 15) is 14.4 Å². The maximum absolute atomic E-state index is 12.3. The van der Waals surface area contributed by atoms with Crippen LogP contribution in [0.5, 0.6) is 0 Å². The standard InChI is InChI=1S/C13H14O3/c1-6(14)9-11(15)10-7-3-4-8(5-7)13(10,2)12(9)16/h3-4,7-10H,5H2,1-2H3. The monoisotopic (exact) mass is 218 g/mol. The van der Waals surface area contributed by atoms with Crippen LogP contribution in [0.1, 0.15) is 20.3 Å². The second-order valence-electron chi connectivity index (χ2n) is 5.46. The van der Waals surface area contributed by atoms with E-state index in [2.05, 4.69) is 6.08 Å². The zero-order valence-electron chi connectivity index (χ0n) is 9.40. The van der Waals surface area contributed by atoms with Gasteiger partial charge in [-0.2, -0.15) is 0 Å². The molecular formula is C13H14O3. The van der Waals surface area contributed by atoms with E-state index >= 15 is 0 Å². The van der Waals surface area contributed by atoms with Crippen LogP contribution in [0, 0.1) is 29.1 Å². The van der Waals surface area contributed by atoms with E-state index < -0.39 is 11.3 Å². The van der Waals surface area contributed by atoms with Crippen molar-refractivity contribution >= 4 is 17.3 Å². The number of carbonyl (C=O) groups is 3. The molecule has 0 saturated heterocycles. The molecule has 2 fully saturated rings. The summed E-state index contributed by atoms with van der Waals surface area (Å²) < 4.78 is 0. The Morgan fingerprint density at radius 3 is 2.62 bits per heavy atom. The predicted octanol–water partition coefficient (Wildman–Crippen LogP) is 1.17. The van der Waals surface area contributed by atoms with Crippen LogP contribution in [-0.4, -0.2) is 17.3 Å². The molecule has 5 unspecified atom stereocenters. The molecule has 0 aromatic rings. The normalized spacial score (nSPS) is 48.9. The Morgan fingerprint density at radius 2 is 2.06 bits per heavy atom. The van der Waals surface area contributed by atoms with E-state index in [0.29, 0.717) is 0 Å². The van der Waals surface area contributed by atoms with E-state index in [0.717, 1.165) is 6.42 Å². The van der Waals surface area contributed by atoms with Crippen LogP contribution in [-0.2, 0) is 14.4 Å². The lowest BCUT2D eigenvalue weighted by molar-refractivity contribution is -0.137. The third-order valence-corrected chi connectivity index (χ3v) is 4.75. The number of hydrogen-bond donors (Lipinski definition) is 0. The van der Waals surface area contributed by atoms with Crippen molar-refractivity contribution in [1.29, 1.82) is 0 Å². The van der Waals surface area contributed by atoms with Gasteiger partial charge in [-0.15, -0.1) is 0 Å². The SMILES string of the molecule is CC(=O)C1C(=O)C2C3C=CC(C3)C2(C)C1=O. The highest BCUT2D eigenvalue weighted by Gasteiger charge is 2.68. The van der Waals surface area contributed by atoms with E-state index in [4.69, 9.17) is 0 Å². The number of carbonyl (C=O) groups excluding carboxylic acids is 3. The van der Waals surface area contributed by atoms with Crippen molar-refractivity contribution in [2.75, 3.05) is 0 Å². The van der Waals surface area contributed by atoms with Gasteiger partial charge in [0.1, 0.15) is 11.7 Å². The van der Waals surface area contributed by atoms with E-state index in [1.165, 1.54) is 6.92 Å². The minimum atomic E-state index is -0.972. The van der Waals surface area contributed by atoms with Crippen LogP contribution >= 0.6 is 0 Å². The molecule has 3 heteroatoms. The van der Waals surface area contributed by atoms with Crippen LogP contribution in [0.2, 0.25) is 0 Å². The molecule has 3 rings (SSSR count). The lowest BCUT2D eigenvalue weighted by atomic mass is 9.71. The Morgan fingerprint density at radius 1 is 1.38 bits per heavy atom. The van der Waals surface area contributed by atoms with Gasteiger partial charge < -0.3 is 0 Å².